The molecule has 0 unspecified atom stereocenters. The molecule has 102 valence electrons. The minimum Gasteiger partial charge on any atom is -0.211 e. The van der Waals surface area contributed by atoms with Gasteiger partial charge in [0.15, 0.2) is 0 Å². The molecule has 0 aliphatic carbocycles. The van der Waals surface area contributed by atoms with Gasteiger partial charge in [0.25, 0.3) is 0 Å². The quantitative estimate of drug-likeness (QED) is 0.907. The van der Waals surface area contributed by atoms with Crippen LogP contribution in [0, 0.1) is 0 Å². The smallest absolute Gasteiger partial charge is 0.211 e. The average Bonchev–Trinajstić information content (AvgIpc) is 2.80. The van der Waals surface area contributed by atoms with Crippen molar-refractivity contribution in [3.8, 4) is 0 Å². The molecule has 2 aromatic rings. The van der Waals surface area contributed by atoms with E-state index in [1.165, 1.54) is 18.2 Å². The third-order valence-electron chi connectivity index (χ3n) is 2.39. The van der Waals surface area contributed by atoms with Crippen molar-refractivity contribution < 1.29 is 8.42 Å². The molecule has 7 heteroatoms. The van der Waals surface area contributed by atoms with Gasteiger partial charge in [0.1, 0.15) is 0 Å². The third-order valence-corrected chi connectivity index (χ3v) is 5.20. The summed E-state index contributed by atoms with van der Waals surface area (Å²) in [5.41, 5.74) is 0. The van der Waals surface area contributed by atoms with Gasteiger partial charge in [0, 0.05) is 21.5 Å². The highest BCUT2D eigenvalue weighted by molar-refractivity contribution is 7.89. The Balaban J connectivity index is 2.05. The second-order valence-corrected chi connectivity index (χ2v) is 7.50. The van der Waals surface area contributed by atoms with Crippen molar-refractivity contribution in [1.82, 2.24) is 4.72 Å². The summed E-state index contributed by atoms with van der Waals surface area (Å²) < 4.78 is 26.6. The van der Waals surface area contributed by atoms with Gasteiger partial charge in [-0.3, -0.25) is 0 Å². The van der Waals surface area contributed by atoms with Crippen LogP contribution in [-0.4, -0.2) is 15.0 Å². The summed E-state index contributed by atoms with van der Waals surface area (Å²) in [7, 11) is -3.57. The van der Waals surface area contributed by atoms with Crippen molar-refractivity contribution >= 4 is 44.6 Å². The van der Waals surface area contributed by atoms with Crippen LogP contribution in [0.1, 0.15) is 4.88 Å². The fraction of sp³-hybridized carbons (Fsp3) is 0.167. The Labute approximate surface area is 126 Å². The molecule has 0 fully saturated rings. The van der Waals surface area contributed by atoms with Gasteiger partial charge in [-0.25, -0.2) is 13.1 Å². The topological polar surface area (TPSA) is 46.2 Å². The minimum atomic E-state index is -3.57. The number of thiophene rings is 1. The van der Waals surface area contributed by atoms with Crippen molar-refractivity contribution in [1.29, 1.82) is 0 Å². The van der Waals surface area contributed by atoms with E-state index in [-0.39, 0.29) is 4.90 Å². The molecular formula is C12H11Cl2NO2S2. The SMILES string of the molecule is O=S(=O)(NCCc1cccs1)c1cc(Cl)cc(Cl)c1. The summed E-state index contributed by atoms with van der Waals surface area (Å²) in [6.07, 6.45) is 0.658. The molecule has 1 aromatic carbocycles. The highest BCUT2D eigenvalue weighted by atomic mass is 35.5. The van der Waals surface area contributed by atoms with E-state index in [0.717, 1.165) is 4.88 Å². The number of hydrogen-bond donors (Lipinski definition) is 1. The van der Waals surface area contributed by atoms with E-state index in [2.05, 4.69) is 4.72 Å². The van der Waals surface area contributed by atoms with E-state index >= 15 is 0 Å². The largest absolute Gasteiger partial charge is 0.240 e. The first-order valence-corrected chi connectivity index (χ1v) is 8.57. The molecule has 0 radical (unpaired) electrons. The summed E-state index contributed by atoms with van der Waals surface area (Å²) in [5.74, 6) is 0. The predicted octanol–water partition coefficient (Wildman–Crippen LogP) is 3.58. The van der Waals surface area contributed by atoms with Gasteiger partial charge in [0.2, 0.25) is 10.0 Å². The van der Waals surface area contributed by atoms with Crippen molar-refractivity contribution in [2.24, 2.45) is 0 Å². The van der Waals surface area contributed by atoms with Gasteiger partial charge < -0.3 is 0 Å². The molecule has 0 spiro atoms. The number of benzene rings is 1. The lowest BCUT2D eigenvalue weighted by Gasteiger charge is -2.07. The van der Waals surface area contributed by atoms with Gasteiger partial charge in [-0.2, -0.15) is 0 Å². The Bertz CT molecular complexity index is 634. The number of hydrogen-bond acceptors (Lipinski definition) is 3. The Hall–Kier alpha value is -0.590. The molecule has 0 amide bonds. The van der Waals surface area contributed by atoms with E-state index in [1.807, 2.05) is 17.5 Å². The molecule has 1 N–H and O–H groups in total. The third kappa shape index (κ3) is 4.19. The molecule has 2 rings (SSSR count). The second-order valence-electron chi connectivity index (χ2n) is 3.83. The summed E-state index contributed by atoms with van der Waals surface area (Å²) in [6.45, 7) is 0.340. The van der Waals surface area contributed by atoms with Crippen LogP contribution in [-0.2, 0) is 16.4 Å². The van der Waals surface area contributed by atoms with Crippen LogP contribution in [0.3, 0.4) is 0 Å². The van der Waals surface area contributed by atoms with Crippen molar-refractivity contribution in [3.05, 3.63) is 50.6 Å². The van der Waals surface area contributed by atoms with Crippen LogP contribution in [0.4, 0.5) is 0 Å². The normalized spacial score (nSPS) is 11.7. The zero-order valence-electron chi connectivity index (χ0n) is 9.77. The van der Waals surface area contributed by atoms with Crippen LogP contribution in [0.2, 0.25) is 10.0 Å². The van der Waals surface area contributed by atoms with E-state index < -0.39 is 10.0 Å². The molecule has 19 heavy (non-hydrogen) atoms. The highest BCUT2D eigenvalue weighted by Gasteiger charge is 2.15. The maximum Gasteiger partial charge on any atom is 0.240 e. The van der Waals surface area contributed by atoms with E-state index in [4.69, 9.17) is 23.2 Å². The Morgan fingerprint density at radius 2 is 1.84 bits per heavy atom. The number of nitrogens with one attached hydrogen (secondary N) is 1. The monoisotopic (exact) mass is 335 g/mol. The first-order valence-electron chi connectivity index (χ1n) is 5.45. The van der Waals surface area contributed by atoms with Gasteiger partial charge in [-0.05, 0) is 36.1 Å². The molecule has 0 atom stereocenters. The minimum absolute atomic E-state index is 0.0798. The molecular weight excluding hydrogens is 325 g/mol. The highest BCUT2D eigenvalue weighted by Crippen LogP contribution is 2.22. The molecule has 0 saturated heterocycles. The van der Waals surface area contributed by atoms with Gasteiger partial charge in [-0.15, -0.1) is 11.3 Å². The predicted molar refractivity (Wildman–Crippen MR) is 79.7 cm³/mol. The summed E-state index contributed by atoms with van der Waals surface area (Å²) in [6, 6.07) is 8.15. The molecule has 0 bridgehead atoms. The Morgan fingerprint density at radius 1 is 1.16 bits per heavy atom. The van der Waals surface area contributed by atoms with Gasteiger partial charge in [0.05, 0.1) is 4.90 Å². The first-order chi connectivity index (χ1) is 8.97. The second kappa shape index (κ2) is 6.24. The standard InChI is InChI=1S/C12H11Cl2NO2S2/c13-9-6-10(14)8-12(7-9)19(16,17)15-4-3-11-2-1-5-18-11/h1-2,5-8,15H,3-4H2. The van der Waals surface area contributed by atoms with E-state index in [1.54, 1.807) is 11.3 Å². The molecule has 0 saturated carbocycles. The Morgan fingerprint density at radius 3 is 2.42 bits per heavy atom. The summed E-state index contributed by atoms with van der Waals surface area (Å²) in [5, 5.41) is 2.55. The van der Waals surface area contributed by atoms with Gasteiger partial charge >= 0.3 is 0 Å². The number of sulfonamides is 1. The van der Waals surface area contributed by atoms with Crippen LogP contribution in [0.15, 0.2) is 40.6 Å². The fourth-order valence-electron chi connectivity index (χ4n) is 1.53. The molecule has 1 heterocycles. The Kier molecular flexibility index (Phi) is 4.86. The number of halogens is 2. The van der Waals surface area contributed by atoms with Crippen LogP contribution >= 0.6 is 34.5 Å². The zero-order chi connectivity index (χ0) is 13.9. The molecule has 0 aliphatic heterocycles. The van der Waals surface area contributed by atoms with Crippen LogP contribution in [0.25, 0.3) is 0 Å². The molecule has 3 nitrogen and oxygen atoms in total. The fourth-order valence-corrected chi connectivity index (χ4v) is 4.00. The summed E-state index contributed by atoms with van der Waals surface area (Å²) >= 11 is 13.2. The molecule has 0 aliphatic rings. The van der Waals surface area contributed by atoms with Crippen molar-refractivity contribution in [2.75, 3.05) is 6.54 Å². The zero-order valence-corrected chi connectivity index (χ0v) is 12.9. The average molecular weight is 336 g/mol. The van der Waals surface area contributed by atoms with E-state index in [9.17, 15) is 8.42 Å². The maximum atomic E-state index is 12.0. The van der Waals surface area contributed by atoms with Crippen molar-refractivity contribution in [2.45, 2.75) is 11.3 Å². The lowest BCUT2D eigenvalue weighted by molar-refractivity contribution is 0.582. The summed E-state index contributed by atoms with van der Waals surface area (Å²) in [4.78, 5) is 1.21. The maximum absolute atomic E-state index is 12.0. The van der Waals surface area contributed by atoms with Crippen LogP contribution in [0.5, 0.6) is 0 Å². The van der Waals surface area contributed by atoms with Gasteiger partial charge in [-0.1, -0.05) is 29.3 Å². The van der Waals surface area contributed by atoms with Crippen molar-refractivity contribution in [3.63, 3.8) is 0 Å². The number of rotatable bonds is 5. The lowest BCUT2D eigenvalue weighted by Crippen LogP contribution is -2.25. The van der Waals surface area contributed by atoms with E-state index in [0.29, 0.717) is 23.0 Å². The van der Waals surface area contributed by atoms with Crippen LogP contribution < -0.4 is 4.72 Å². The lowest BCUT2D eigenvalue weighted by atomic mass is 10.3. The first kappa shape index (κ1) is 14.8. The molecule has 1 aromatic heterocycles.